The van der Waals surface area contributed by atoms with E-state index in [-0.39, 0.29) is 0 Å². The van der Waals surface area contributed by atoms with Gasteiger partial charge in [-0.1, -0.05) is 78.4 Å². The van der Waals surface area contributed by atoms with E-state index in [0.29, 0.717) is 13.2 Å². The monoisotopic (exact) mass is 425 g/mol. The fourth-order valence-electron chi connectivity index (χ4n) is 3.65. The van der Waals surface area contributed by atoms with E-state index in [0.717, 1.165) is 46.1 Å². The predicted octanol–water partition coefficient (Wildman–Crippen LogP) is 5.89. The van der Waals surface area contributed by atoms with Crippen molar-refractivity contribution in [2.75, 3.05) is 6.61 Å². The SMILES string of the molecule is C=CC(=O)OCCCCn1nc2c(-c3ccc(C)cc3)ccc(-c3ccc(C)cc3)c2n1. The van der Waals surface area contributed by atoms with Gasteiger partial charge in [-0.05, 0) is 37.8 Å². The van der Waals surface area contributed by atoms with Crippen LogP contribution in [0.5, 0.6) is 0 Å². The van der Waals surface area contributed by atoms with E-state index in [1.807, 2.05) is 0 Å². The maximum Gasteiger partial charge on any atom is 0.330 e. The molecule has 32 heavy (non-hydrogen) atoms. The predicted molar refractivity (Wildman–Crippen MR) is 128 cm³/mol. The Morgan fingerprint density at radius 3 is 1.81 bits per heavy atom. The Kier molecular flexibility index (Phi) is 6.45. The zero-order valence-corrected chi connectivity index (χ0v) is 18.5. The summed E-state index contributed by atoms with van der Waals surface area (Å²) in [5, 5.41) is 9.69. The van der Waals surface area contributed by atoms with Crippen molar-refractivity contribution in [3.63, 3.8) is 0 Å². The van der Waals surface area contributed by atoms with Crippen molar-refractivity contribution >= 4 is 17.0 Å². The highest BCUT2D eigenvalue weighted by Crippen LogP contribution is 2.34. The Morgan fingerprint density at radius 2 is 1.34 bits per heavy atom. The number of carbonyl (C=O) groups excluding carboxylic acids is 1. The van der Waals surface area contributed by atoms with E-state index >= 15 is 0 Å². The van der Waals surface area contributed by atoms with Gasteiger partial charge in [0.1, 0.15) is 11.0 Å². The number of nitrogens with zero attached hydrogens (tertiary/aromatic N) is 3. The number of unbranched alkanes of at least 4 members (excludes halogenated alkanes) is 1. The Labute approximate surface area is 188 Å². The lowest BCUT2D eigenvalue weighted by Gasteiger charge is -2.07. The molecule has 4 rings (SSSR count). The summed E-state index contributed by atoms with van der Waals surface area (Å²) in [5.74, 6) is -0.390. The summed E-state index contributed by atoms with van der Waals surface area (Å²) in [6.07, 6.45) is 2.74. The molecule has 0 aliphatic carbocycles. The largest absolute Gasteiger partial charge is 0.463 e. The third-order valence-electron chi connectivity index (χ3n) is 5.47. The summed E-state index contributed by atoms with van der Waals surface area (Å²) in [6.45, 7) is 8.60. The summed E-state index contributed by atoms with van der Waals surface area (Å²) in [4.78, 5) is 12.9. The number of esters is 1. The lowest BCUT2D eigenvalue weighted by molar-refractivity contribution is -0.137. The van der Waals surface area contributed by atoms with Gasteiger partial charge in [0.05, 0.1) is 13.2 Å². The summed E-state index contributed by atoms with van der Waals surface area (Å²) < 4.78 is 5.05. The normalized spacial score (nSPS) is 10.9. The topological polar surface area (TPSA) is 57.0 Å². The van der Waals surface area contributed by atoms with E-state index in [1.54, 1.807) is 4.80 Å². The molecule has 0 fully saturated rings. The first-order valence-electron chi connectivity index (χ1n) is 10.9. The quantitative estimate of drug-likeness (QED) is 0.201. The van der Waals surface area contributed by atoms with E-state index in [2.05, 4.69) is 81.1 Å². The highest BCUT2D eigenvalue weighted by molar-refractivity contribution is 6.00. The first kappa shape index (κ1) is 21.5. The van der Waals surface area contributed by atoms with Crippen LogP contribution in [0, 0.1) is 13.8 Å². The number of ether oxygens (including phenoxy) is 1. The molecule has 1 aromatic heterocycles. The minimum atomic E-state index is -0.390. The molecule has 5 heteroatoms. The molecule has 4 aromatic rings. The van der Waals surface area contributed by atoms with Crippen molar-refractivity contribution in [2.24, 2.45) is 0 Å². The lowest BCUT2D eigenvalue weighted by Crippen LogP contribution is -2.06. The highest BCUT2D eigenvalue weighted by atomic mass is 16.5. The molecule has 0 amide bonds. The fraction of sp³-hybridized carbons (Fsp3) is 0.222. The number of carbonyl (C=O) groups is 1. The molecule has 0 radical (unpaired) electrons. The highest BCUT2D eigenvalue weighted by Gasteiger charge is 2.15. The Bertz CT molecular complexity index is 1160. The van der Waals surface area contributed by atoms with Crippen LogP contribution < -0.4 is 0 Å². The van der Waals surface area contributed by atoms with Crippen LogP contribution in [0.25, 0.3) is 33.3 Å². The lowest BCUT2D eigenvalue weighted by atomic mass is 9.97. The zero-order valence-electron chi connectivity index (χ0n) is 18.5. The molecule has 0 atom stereocenters. The minimum absolute atomic E-state index is 0.370. The molecule has 0 spiro atoms. The molecule has 0 aliphatic rings. The Morgan fingerprint density at radius 1 is 0.844 bits per heavy atom. The smallest absolute Gasteiger partial charge is 0.330 e. The molecule has 1 heterocycles. The van der Waals surface area contributed by atoms with Crippen molar-refractivity contribution in [1.82, 2.24) is 15.0 Å². The van der Waals surface area contributed by atoms with Gasteiger partial charge in [0, 0.05) is 17.2 Å². The fourth-order valence-corrected chi connectivity index (χ4v) is 3.65. The zero-order chi connectivity index (χ0) is 22.5. The Hall–Kier alpha value is -3.73. The van der Waals surface area contributed by atoms with Gasteiger partial charge in [-0.15, -0.1) is 0 Å². The molecular weight excluding hydrogens is 398 g/mol. The van der Waals surface area contributed by atoms with E-state index < -0.39 is 5.97 Å². The number of aryl methyl sites for hydroxylation is 3. The van der Waals surface area contributed by atoms with Crippen LogP contribution in [-0.2, 0) is 16.1 Å². The molecule has 0 saturated carbocycles. The van der Waals surface area contributed by atoms with Gasteiger partial charge in [-0.3, -0.25) is 0 Å². The van der Waals surface area contributed by atoms with Crippen molar-refractivity contribution in [1.29, 1.82) is 0 Å². The van der Waals surface area contributed by atoms with Crippen LogP contribution in [0.3, 0.4) is 0 Å². The van der Waals surface area contributed by atoms with Crippen LogP contribution in [0.1, 0.15) is 24.0 Å². The van der Waals surface area contributed by atoms with E-state index in [9.17, 15) is 4.79 Å². The van der Waals surface area contributed by atoms with Gasteiger partial charge < -0.3 is 4.74 Å². The van der Waals surface area contributed by atoms with Crippen LogP contribution in [-0.4, -0.2) is 27.6 Å². The molecule has 0 aliphatic heterocycles. The van der Waals surface area contributed by atoms with Crippen molar-refractivity contribution in [3.05, 3.63) is 84.4 Å². The average Bonchev–Trinajstić information content (AvgIpc) is 3.23. The molecule has 0 N–H and O–H groups in total. The molecule has 5 nitrogen and oxygen atoms in total. The second kappa shape index (κ2) is 9.60. The second-order valence-electron chi connectivity index (χ2n) is 7.96. The minimum Gasteiger partial charge on any atom is -0.463 e. The molecular formula is C27H27N3O2. The summed E-state index contributed by atoms with van der Waals surface area (Å²) in [6, 6.07) is 21.2. The number of hydrogen-bond donors (Lipinski definition) is 0. The maximum atomic E-state index is 11.2. The summed E-state index contributed by atoms with van der Waals surface area (Å²) in [7, 11) is 0. The number of rotatable bonds is 8. The molecule has 0 unspecified atom stereocenters. The van der Waals surface area contributed by atoms with Gasteiger partial charge in [0.15, 0.2) is 0 Å². The second-order valence-corrected chi connectivity index (χ2v) is 7.96. The first-order chi connectivity index (χ1) is 15.5. The molecule has 3 aromatic carbocycles. The van der Waals surface area contributed by atoms with Crippen LogP contribution >= 0.6 is 0 Å². The molecule has 162 valence electrons. The average molecular weight is 426 g/mol. The van der Waals surface area contributed by atoms with Crippen LogP contribution in [0.15, 0.2) is 73.3 Å². The van der Waals surface area contributed by atoms with Crippen LogP contribution in [0.4, 0.5) is 0 Å². The molecule has 0 saturated heterocycles. The summed E-state index contributed by atoms with van der Waals surface area (Å²) in [5.41, 5.74) is 8.63. The van der Waals surface area contributed by atoms with Gasteiger partial charge in [0.25, 0.3) is 0 Å². The van der Waals surface area contributed by atoms with E-state index in [4.69, 9.17) is 14.9 Å². The number of hydrogen-bond acceptors (Lipinski definition) is 4. The van der Waals surface area contributed by atoms with Crippen LogP contribution in [0.2, 0.25) is 0 Å². The maximum absolute atomic E-state index is 11.2. The number of benzene rings is 3. The van der Waals surface area contributed by atoms with Crippen molar-refractivity contribution < 1.29 is 9.53 Å². The van der Waals surface area contributed by atoms with Gasteiger partial charge in [0.2, 0.25) is 0 Å². The number of aromatic nitrogens is 3. The van der Waals surface area contributed by atoms with Gasteiger partial charge >= 0.3 is 5.97 Å². The third kappa shape index (κ3) is 4.78. The van der Waals surface area contributed by atoms with Crippen molar-refractivity contribution in [3.8, 4) is 22.3 Å². The molecule has 0 bridgehead atoms. The van der Waals surface area contributed by atoms with E-state index in [1.165, 1.54) is 17.2 Å². The van der Waals surface area contributed by atoms with Crippen molar-refractivity contribution in [2.45, 2.75) is 33.2 Å². The standard InChI is InChI=1S/C27H27N3O2/c1-4-25(31)32-18-6-5-17-30-28-26-23(21-11-7-19(2)8-12-21)15-16-24(27(26)29-30)22-13-9-20(3)10-14-22/h4,7-16H,1,5-6,17-18H2,2-3H3. The Balaban J connectivity index is 1.67. The first-order valence-corrected chi connectivity index (χ1v) is 10.9. The van der Waals surface area contributed by atoms with Gasteiger partial charge in [-0.2, -0.15) is 15.0 Å². The van der Waals surface area contributed by atoms with Gasteiger partial charge in [-0.25, -0.2) is 4.79 Å². The third-order valence-corrected chi connectivity index (χ3v) is 5.47. The summed E-state index contributed by atoms with van der Waals surface area (Å²) >= 11 is 0. The number of fused-ring (bicyclic) bond motifs is 1.